The minimum atomic E-state index is 0.224. The smallest absolute Gasteiger partial charge is 0.226 e. The van der Waals surface area contributed by atoms with E-state index in [1.807, 2.05) is 18.2 Å². The molecular formula is C16H23N3OS. The van der Waals surface area contributed by atoms with E-state index in [1.54, 1.807) is 11.8 Å². The Labute approximate surface area is 130 Å². The molecule has 21 heavy (non-hydrogen) atoms. The van der Waals surface area contributed by atoms with Crippen molar-refractivity contribution in [3.8, 4) is 0 Å². The molecule has 114 valence electrons. The quantitative estimate of drug-likeness (QED) is 0.754. The van der Waals surface area contributed by atoms with Crippen LogP contribution >= 0.6 is 11.8 Å². The number of nitrogens with zero attached hydrogens (tertiary/aromatic N) is 2. The summed E-state index contributed by atoms with van der Waals surface area (Å²) in [7, 11) is 0. The summed E-state index contributed by atoms with van der Waals surface area (Å²) >= 11 is 1.72. The van der Waals surface area contributed by atoms with E-state index in [9.17, 15) is 0 Å². The Morgan fingerprint density at radius 2 is 1.95 bits per heavy atom. The van der Waals surface area contributed by atoms with Gasteiger partial charge >= 0.3 is 0 Å². The molecule has 4 nitrogen and oxygen atoms in total. The summed E-state index contributed by atoms with van der Waals surface area (Å²) in [4.78, 5) is 5.67. The lowest BCUT2D eigenvalue weighted by Crippen LogP contribution is -2.17. The van der Waals surface area contributed by atoms with Gasteiger partial charge in [0.25, 0.3) is 0 Å². The van der Waals surface area contributed by atoms with Crippen molar-refractivity contribution >= 4 is 11.8 Å². The molecule has 0 atom stereocenters. The van der Waals surface area contributed by atoms with Crippen molar-refractivity contribution in [1.29, 1.82) is 0 Å². The van der Waals surface area contributed by atoms with Crippen molar-refractivity contribution in [2.45, 2.75) is 43.8 Å². The maximum Gasteiger partial charge on any atom is 0.226 e. The lowest BCUT2D eigenvalue weighted by atomic mass is 9.84. The minimum absolute atomic E-state index is 0.224. The van der Waals surface area contributed by atoms with Gasteiger partial charge in [0.1, 0.15) is 0 Å². The fraction of sp³-hybridized carbons (Fsp3) is 0.500. The predicted octanol–water partition coefficient (Wildman–Crippen LogP) is 3.67. The third kappa shape index (κ3) is 5.52. The third-order valence-corrected chi connectivity index (χ3v) is 4.47. The molecule has 2 N–H and O–H groups in total. The molecule has 0 saturated heterocycles. The summed E-state index contributed by atoms with van der Waals surface area (Å²) in [5, 5.41) is 4.05. The Morgan fingerprint density at radius 1 is 1.19 bits per heavy atom. The molecule has 0 aliphatic carbocycles. The fourth-order valence-electron chi connectivity index (χ4n) is 2.08. The van der Waals surface area contributed by atoms with Gasteiger partial charge in [0.2, 0.25) is 5.89 Å². The molecule has 1 heterocycles. The highest BCUT2D eigenvalue weighted by Gasteiger charge is 2.18. The average molecular weight is 305 g/mol. The van der Waals surface area contributed by atoms with Crippen molar-refractivity contribution in [3.63, 3.8) is 0 Å². The molecule has 0 aliphatic rings. The first kappa shape index (κ1) is 16.0. The van der Waals surface area contributed by atoms with Crippen LogP contribution in [-0.2, 0) is 12.2 Å². The average Bonchev–Trinajstić information content (AvgIpc) is 2.92. The van der Waals surface area contributed by atoms with Crippen LogP contribution in [-0.4, -0.2) is 16.7 Å². The van der Waals surface area contributed by atoms with Gasteiger partial charge in [-0.3, -0.25) is 0 Å². The van der Waals surface area contributed by atoms with Crippen LogP contribution in [0.4, 0.5) is 0 Å². The van der Waals surface area contributed by atoms with Gasteiger partial charge in [-0.25, -0.2) is 0 Å². The molecule has 2 rings (SSSR count). The van der Waals surface area contributed by atoms with E-state index in [1.165, 1.54) is 4.90 Å². The third-order valence-electron chi connectivity index (χ3n) is 3.46. The molecule has 0 saturated carbocycles. The summed E-state index contributed by atoms with van der Waals surface area (Å²) in [5.74, 6) is 2.22. The zero-order valence-corrected chi connectivity index (χ0v) is 13.5. The number of hydrogen-bond donors (Lipinski definition) is 1. The van der Waals surface area contributed by atoms with Crippen molar-refractivity contribution in [2.75, 3.05) is 6.54 Å². The van der Waals surface area contributed by atoms with E-state index in [0.29, 0.717) is 0 Å². The van der Waals surface area contributed by atoms with Crippen LogP contribution < -0.4 is 5.73 Å². The molecule has 0 radical (unpaired) electrons. The zero-order valence-electron chi connectivity index (χ0n) is 12.7. The van der Waals surface area contributed by atoms with E-state index in [2.05, 4.69) is 36.1 Å². The van der Waals surface area contributed by atoms with Gasteiger partial charge in [-0.2, -0.15) is 4.98 Å². The van der Waals surface area contributed by atoms with Crippen molar-refractivity contribution in [1.82, 2.24) is 10.1 Å². The fourth-order valence-corrected chi connectivity index (χ4v) is 2.84. The van der Waals surface area contributed by atoms with Crippen molar-refractivity contribution in [3.05, 3.63) is 42.0 Å². The van der Waals surface area contributed by atoms with Crippen LogP contribution in [0.1, 0.15) is 38.4 Å². The second-order valence-electron chi connectivity index (χ2n) is 5.91. The minimum Gasteiger partial charge on any atom is -0.339 e. The Balaban J connectivity index is 1.81. The summed E-state index contributed by atoms with van der Waals surface area (Å²) in [6, 6.07) is 10.2. The van der Waals surface area contributed by atoms with Gasteiger partial charge in [0.05, 0.1) is 5.75 Å². The summed E-state index contributed by atoms with van der Waals surface area (Å²) < 4.78 is 5.32. The zero-order chi connectivity index (χ0) is 15.1. The molecule has 1 aromatic heterocycles. The Morgan fingerprint density at radius 3 is 2.67 bits per heavy atom. The van der Waals surface area contributed by atoms with E-state index in [-0.39, 0.29) is 5.41 Å². The second kappa shape index (κ2) is 7.61. The largest absolute Gasteiger partial charge is 0.339 e. The predicted molar refractivity (Wildman–Crippen MR) is 86.1 cm³/mol. The molecule has 0 bridgehead atoms. The summed E-state index contributed by atoms with van der Waals surface area (Å²) in [6.07, 6.45) is 2.84. The number of nitrogens with two attached hydrogens (primary N) is 1. The Bertz CT molecular complexity index is 539. The number of benzene rings is 1. The normalized spacial score (nSPS) is 11.8. The van der Waals surface area contributed by atoms with E-state index in [0.717, 1.165) is 43.3 Å². The highest BCUT2D eigenvalue weighted by Crippen LogP contribution is 2.26. The molecule has 2 aromatic rings. The topological polar surface area (TPSA) is 64.9 Å². The number of hydrogen-bond acceptors (Lipinski definition) is 5. The van der Waals surface area contributed by atoms with Crippen LogP contribution in [0.25, 0.3) is 0 Å². The SMILES string of the molecule is CC(C)(CCN)CCc1nc(CSc2ccccc2)no1. The first-order chi connectivity index (χ1) is 10.1. The van der Waals surface area contributed by atoms with E-state index < -0.39 is 0 Å². The Kier molecular flexibility index (Phi) is 5.82. The first-order valence-electron chi connectivity index (χ1n) is 7.28. The molecule has 0 amide bonds. The second-order valence-corrected chi connectivity index (χ2v) is 6.96. The molecular weight excluding hydrogens is 282 g/mol. The first-order valence-corrected chi connectivity index (χ1v) is 8.27. The number of aryl methyl sites for hydroxylation is 1. The molecule has 0 fully saturated rings. The van der Waals surface area contributed by atoms with Crippen molar-refractivity contribution in [2.24, 2.45) is 11.1 Å². The van der Waals surface area contributed by atoms with Gasteiger partial charge in [-0.15, -0.1) is 11.8 Å². The summed E-state index contributed by atoms with van der Waals surface area (Å²) in [5.41, 5.74) is 5.85. The van der Waals surface area contributed by atoms with Crippen LogP contribution in [0.2, 0.25) is 0 Å². The number of aromatic nitrogens is 2. The van der Waals surface area contributed by atoms with Gasteiger partial charge in [0, 0.05) is 11.3 Å². The number of rotatable bonds is 8. The van der Waals surface area contributed by atoms with Crippen molar-refractivity contribution < 1.29 is 4.52 Å². The standard InChI is InChI=1S/C16H23N3OS/c1-16(2,10-11-17)9-8-15-18-14(19-20-15)12-21-13-6-4-3-5-7-13/h3-7H,8-12,17H2,1-2H3. The molecule has 1 aromatic carbocycles. The monoisotopic (exact) mass is 305 g/mol. The molecule has 0 spiro atoms. The van der Waals surface area contributed by atoms with Gasteiger partial charge < -0.3 is 10.3 Å². The molecule has 0 aliphatic heterocycles. The number of thioether (sulfide) groups is 1. The molecule has 0 unspecified atom stereocenters. The van der Waals surface area contributed by atoms with Crippen LogP contribution in [0, 0.1) is 5.41 Å². The van der Waals surface area contributed by atoms with Crippen LogP contribution in [0.5, 0.6) is 0 Å². The highest BCUT2D eigenvalue weighted by molar-refractivity contribution is 7.98. The molecule has 5 heteroatoms. The van der Waals surface area contributed by atoms with E-state index >= 15 is 0 Å². The van der Waals surface area contributed by atoms with E-state index in [4.69, 9.17) is 10.3 Å². The maximum absolute atomic E-state index is 5.63. The lowest BCUT2D eigenvalue weighted by Gasteiger charge is -2.22. The van der Waals surface area contributed by atoms with Crippen LogP contribution in [0.15, 0.2) is 39.8 Å². The summed E-state index contributed by atoms with van der Waals surface area (Å²) in [6.45, 7) is 5.17. The van der Waals surface area contributed by atoms with Crippen LogP contribution in [0.3, 0.4) is 0 Å². The van der Waals surface area contributed by atoms with Gasteiger partial charge in [0.15, 0.2) is 5.82 Å². The highest BCUT2D eigenvalue weighted by atomic mass is 32.2. The Hall–Kier alpha value is -1.33. The van der Waals surface area contributed by atoms with Gasteiger partial charge in [-0.1, -0.05) is 37.2 Å². The lowest BCUT2D eigenvalue weighted by molar-refractivity contribution is 0.289. The maximum atomic E-state index is 5.63. The van der Waals surface area contributed by atoms with Gasteiger partial charge in [-0.05, 0) is 36.9 Å².